The summed E-state index contributed by atoms with van der Waals surface area (Å²) in [6.45, 7) is 0. The Balaban J connectivity index is 0.967. The Bertz CT molecular complexity index is 3760. The minimum absolute atomic E-state index is 0.434. The number of benzene rings is 9. The number of nitrogens with zero attached hydrogens (tertiary/aromatic N) is 4. The largest absolute Gasteiger partial charge is 0.455 e. The van der Waals surface area contributed by atoms with Crippen molar-refractivity contribution in [1.82, 2.24) is 19.5 Å². The lowest BCUT2D eigenvalue weighted by Crippen LogP contribution is -2.25. The molecule has 0 amide bonds. The van der Waals surface area contributed by atoms with Crippen LogP contribution >= 0.6 is 0 Å². The van der Waals surface area contributed by atoms with Crippen molar-refractivity contribution in [2.45, 2.75) is 5.41 Å². The van der Waals surface area contributed by atoms with E-state index in [1.54, 1.807) is 0 Å². The molecule has 3 heterocycles. The van der Waals surface area contributed by atoms with Crippen LogP contribution in [0.2, 0.25) is 0 Å². The molecular weight excluding hydrogens is 769 g/mol. The average Bonchev–Trinajstić information content (AvgIpc) is 4.07. The molecule has 2 aliphatic rings. The first-order valence-corrected chi connectivity index (χ1v) is 21.4. The highest BCUT2D eigenvalue weighted by molar-refractivity contribution is 6.14. The minimum atomic E-state index is -0.434. The third kappa shape index (κ3) is 4.68. The third-order valence-electron chi connectivity index (χ3n) is 13.5. The second kappa shape index (κ2) is 12.8. The van der Waals surface area contributed by atoms with Gasteiger partial charge in [0, 0.05) is 38.2 Å². The zero-order valence-corrected chi connectivity index (χ0v) is 33.8. The van der Waals surface area contributed by atoms with E-state index in [4.69, 9.17) is 19.4 Å². The maximum absolute atomic E-state index is 7.09. The maximum atomic E-state index is 7.09. The highest BCUT2D eigenvalue weighted by atomic mass is 16.3. The van der Waals surface area contributed by atoms with Crippen LogP contribution in [0.4, 0.5) is 0 Å². The molecule has 0 saturated heterocycles. The Labute approximate surface area is 362 Å². The lowest BCUT2D eigenvalue weighted by atomic mass is 9.70. The van der Waals surface area contributed by atoms with Gasteiger partial charge >= 0.3 is 0 Å². The molecule has 0 aliphatic heterocycles. The zero-order chi connectivity index (χ0) is 41.2. The second-order valence-electron chi connectivity index (χ2n) is 16.7. The van der Waals surface area contributed by atoms with Gasteiger partial charge in [0.15, 0.2) is 11.6 Å². The highest BCUT2D eigenvalue weighted by Gasteiger charge is 2.51. The summed E-state index contributed by atoms with van der Waals surface area (Å²) >= 11 is 0. The molecule has 0 radical (unpaired) electrons. The molecule has 0 fully saturated rings. The smallest absolute Gasteiger partial charge is 0.238 e. The highest BCUT2D eigenvalue weighted by Crippen LogP contribution is 2.63. The minimum Gasteiger partial charge on any atom is -0.455 e. The molecule has 0 atom stereocenters. The van der Waals surface area contributed by atoms with Crippen LogP contribution in [0.25, 0.3) is 106 Å². The van der Waals surface area contributed by atoms with Crippen molar-refractivity contribution in [3.63, 3.8) is 0 Å². The summed E-state index contributed by atoms with van der Waals surface area (Å²) in [5.74, 6) is 1.82. The fourth-order valence-electron chi connectivity index (χ4n) is 10.9. The Morgan fingerprint density at radius 1 is 0.349 bits per heavy atom. The van der Waals surface area contributed by atoms with Crippen LogP contribution in [-0.2, 0) is 5.41 Å². The van der Waals surface area contributed by atoms with E-state index in [1.807, 2.05) is 60.7 Å². The molecule has 0 unspecified atom stereocenters. The molecule has 0 saturated carbocycles. The fraction of sp³-hybridized carbons (Fsp3) is 0.0172. The van der Waals surface area contributed by atoms with Gasteiger partial charge in [0.1, 0.15) is 11.2 Å². The first-order chi connectivity index (χ1) is 31.2. The molecule has 5 heteroatoms. The van der Waals surface area contributed by atoms with Gasteiger partial charge in [-0.2, -0.15) is 9.97 Å². The van der Waals surface area contributed by atoms with E-state index in [-0.39, 0.29) is 0 Å². The molecular formula is C58H34N4O. The van der Waals surface area contributed by atoms with Crippen LogP contribution in [0, 0.1) is 0 Å². The molecule has 3 aromatic heterocycles. The van der Waals surface area contributed by atoms with Crippen molar-refractivity contribution in [3.05, 3.63) is 229 Å². The van der Waals surface area contributed by atoms with Gasteiger partial charge in [0.05, 0.1) is 16.4 Å². The van der Waals surface area contributed by atoms with E-state index >= 15 is 0 Å². The van der Waals surface area contributed by atoms with Crippen molar-refractivity contribution in [1.29, 1.82) is 0 Å². The summed E-state index contributed by atoms with van der Waals surface area (Å²) in [6.07, 6.45) is 0. The van der Waals surface area contributed by atoms with Crippen LogP contribution in [0.5, 0.6) is 0 Å². The van der Waals surface area contributed by atoms with Crippen LogP contribution < -0.4 is 0 Å². The molecule has 12 aromatic rings. The summed E-state index contributed by atoms with van der Waals surface area (Å²) in [5, 5.41) is 4.44. The molecule has 0 N–H and O–H groups in total. The lowest BCUT2D eigenvalue weighted by Gasteiger charge is -2.30. The molecule has 9 aromatic carbocycles. The van der Waals surface area contributed by atoms with Gasteiger partial charge < -0.3 is 4.42 Å². The molecule has 2 aliphatic carbocycles. The Kier molecular flexibility index (Phi) is 6.97. The molecule has 1 spiro atoms. The van der Waals surface area contributed by atoms with E-state index in [9.17, 15) is 0 Å². The van der Waals surface area contributed by atoms with Gasteiger partial charge in [-0.15, -0.1) is 0 Å². The van der Waals surface area contributed by atoms with E-state index in [0.29, 0.717) is 17.6 Å². The predicted octanol–water partition coefficient (Wildman–Crippen LogP) is 14.2. The number of hydrogen-bond acceptors (Lipinski definition) is 4. The Morgan fingerprint density at radius 3 is 1.56 bits per heavy atom. The molecule has 292 valence electrons. The second-order valence-corrected chi connectivity index (χ2v) is 16.7. The number of para-hydroxylation sites is 2. The first-order valence-electron chi connectivity index (χ1n) is 21.4. The van der Waals surface area contributed by atoms with Gasteiger partial charge in [-0.1, -0.05) is 176 Å². The standard InChI is InChI=1S/C58H34N4O/c1-3-16-35(17-4-1)55-59-56(36-18-5-2-6-19-36)61-57(60-55)62-51-29-14-10-23-42(51)45-32-37(30-31-52(45)62)38-24-15-25-43-46-33-44-41-22-9-13-28-49(41)58(50(44)34-53(46)63-54(38)43)47-26-11-7-20-39(47)40-21-8-12-27-48(40)58/h1-34H. The van der Waals surface area contributed by atoms with Gasteiger partial charge in [0.25, 0.3) is 0 Å². The van der Waals surface area contributed by atoms with E-state index in [1.165, 1.54) is 44.5 Å². The van der Waals surface area contributed by atoms with Crippen molar-refractivity contribution in [3.8, 4) is 62.1 Å². The summed E-state index contributed by atoms with van der Waals surface area (Å²) in [4.78, 5) is 15.2. The zero-order valence-electron chi connectivity index (χ0n) is 33.8. The van der Waals surface area contributed by atoms with Crippen LogP contribution in [-0.4, -0.2) is 19.5 Å². The van der Waals surface area contributed by atoms with Crippen molar-refractivity contribution in [2.75, 3.05) is 0 Å². The van der Waals surface area contributed by atoms with E-state index in [2.05, 4.69) is 150 Å². The van der Waals surface area contributed by atoms with Crippen LogP contribution in [0.1, 0.15) is 22.3 Å². The summed E-state index contributed by atoms with van der Waals surface area (Å²) in [6, 6.07) is 73.6. The molecule has 5 nitrogen and oxygen atoms in total. The monoisotopic (exact) mass is 802 g/mol. The normalized spacial score (nSPS) is 13.2. The predicted molar refractivity (Wildman–Crippen MR) is 254 cm³/mol. The molecule has 63 heavy (non-hydrogen) atoms. The quantitative estimate of drug-likeness (QED) is 0.178. The van der Waals surface area contributed by atoms with Gasteiger partial charge in [-0.05, 0) is 80.4 Å². The fourth-order valence-corrected chi connectivity index (χ4v) is 10.9. The number of fused-ring (bicyclic) bond motifs is 16. The molecule has 0 bridgehead atoms. The van der Waals surface area contributed by atoms with E-state index in [0.717, 1.165) is 66.0 Å². The number of hydrogen-bond donors (Lipinski definition) is 0. The topological polar surface area (TPSA) is 56.7 Å². The number of rotatable bonds is 4. The SMILES string of the molecule is c1ccc(-c2nc(-c3ccccc3)nc(-n3c4ccccc4c4cc(-c5cccc6c5oc5cc7c(cc56)-c5ccccc5C75c6ccccc6-c6ccccc65)ccc43)n2)cc1. The van der Waals surface area contributed by atoms with Gasteiger partial charge in [-0.3, -0.25) is 4.57 Å². The van der Waals surface area contributed by atoms with Gasteiger partial charge in [-0.25, -0.2) is 4.98 Å². The third-order valence-corrected chi connectivity index (χ3v) is 13.5. The summed E-state index contributed by atoms with van der Waals surface area (Å²) in [7, 11) is 0. The average molecular weight is 803 g/mol. The maximum Gasteiger partial charge on any atom is 0.238 e. The van der Waals surface area contributed by atoms with Crippen LogP contribution in [0.15, 0.2) is 211 Å². The Morgan fingerprint density at radius 2 is 0.889 bits per heavy atom. The van der Waals surface area contributed by atoms with Crippen molar-refractivity contribution >= 4 is 43.7 Å². The number of furan rings is 1. The summed E-state index contributed by atoms with van der Waals surface area (Å²) < 4.78 is 9.27. The summed E-state index contributed by atoms with van der Waals surface area (Å²) in [5.41, 5.74) is 17.7. The first kappa shape index (κ1) is 34.3. The lowest BCUT2D eigenvalue weighted by molar-refractivity contribution is 0.667. The van der Waals surface area contributed by atoms with Crippen LogP contribution in [0.3, 0.4) is 0 Å². The molecule has 14 rings (SSSR count). The van der Waals surface area contributed by atoms with Crippen molar-refractivity contribution in [2.24, 2.45) is 0 Å². The Hall–Kier alpha value is -8.41. The van der Waals surface area contributed by atoms with Crippen molar-refractivity contribution < 1.29 is 4.42 Å². The van der Waals surface area contributed by atoms with Gasteiger partial charge in [0.2, 0.25) is 5.95 Å². The van der Waals surface area contributed by atoms with E-state index < -0.39 is 5.41 Å². The number of aromatic nitrogens is 4.